The zero-order chi connectivity index (χ0) is 13.6. The Morgan fingerprint density at radius 1 is 1.44 bits per heavy atom. The van der Waals surface area contributed by atoms with Crippen LogP contribution in [0.2, 0.25) is 0 Å². The predicted molar refractivity (Wildman–Crippen MR) is 71.2 cm³/mol. The van der Waals surface area contributed by atoms with E-state index in [1.807, 2.05) is 6.92 Å². The van der Waals surface area contributed by atoms with Crippen molar-refractivity contribution >= 4 is 5.91 Å². The van der Waals surface area contributed by atoms with Gasteiger partial charge in [0.1, 0.15) is 0 Å². The van der Waals surface area contributed by atoms with Crippen molar-refractivity contribution in [3.63, 3.8) is 0 Å². The summed E-state index contributed by atoms with van der Waals surface area (Å²) in [7, 11) is 0. The van der Waals surface area contributed by atoms with Gasteiger partial charge in [0.05, 0.1) is 0 Å². The first kappa shape index (κ1) is 15.4. The highest BCUT2D eigenvalue weighted by molar-refractivity contribution is 5.78. The number of hydrogen-bond donors (Lipinski definition) is 2. The van der Waals surface area contributed by atoms with Crippen molar-refractivity contribution in [2.45, 2.75) is 40.0 Å². The SMILES string of the molecule is CC(C(=O)NCC(C)(C)CCO)C1CCOCC1. The third-order valence-electron chi connectivity index (χ3n) is 3.92. The van der Waals surface area contributed by atoms with Crippen LogP contribution in [0, 0.1) is 17.3 Å². The quantitative estimate of drug-likeness (QED) is 0.759. The molecule has 1 saturated heterocycles. The summed E-state index contributed by atoms with van der Waals surface area (Å²) in [6, 6.07) is 0. The van der Waals surface area contributed by atoms with Crippen LogP contribution in [0.3, 0.4) is 0 Å². The fraction of sp³-hybridized carbons (Fsp3) is 0.929. The molecule has 0 saturated carbocycles. The van der Waals surface area contributed by atoms with Crippen LogP contribution in [-0.2, 0) is 9.53 Å². The third-order valence-corrected chi connectivity index (χ3v) is 3.92. The van der Waals surface area contributed by atoms with Crippen molar-refractivity contribution in [1.29, 1.82) is 0 Å². The van der Waals surface area contributed by atoms with Gasteiger partial charge in [-0.1, -0.05) is 20.8 Å². The topological polar surface area (TPSA) is 58.6 Å². The van der Waals surface area contributed by atoms with E-state index in [2.05, 4.69) is 19.2 Å². The number of aliphatic hydroxyl groups excluding tert-OH is 1. The fourth-order valence-electron chi connectivity index (χ4n) is 2.31. The first-order valence-corrected chi connectivity index (χ1v) is 6.92. The lowest BCUT2D eigenvalue weighted by atomic mass is 9.85. The number of carbonyl (C=O) groups is 1. The van der Waals surface area contributed by atoms with Crippen LogP contribution in [0.4, 0.5) is 0 Å². The number of nitrogens with one attached hydrogen (secondary N) is 1. The average Bonchev–Trinajstić information content (AvgIpc) is 2.36. The van der Waals surface area contributed by atoms with E-state index in [9.17, 15) is 4.79 Å². The standard InChI is InChI=1S/C14H27NO3/c1-11(12-4-8-18-9-5-12)13(17)15-10-14(2,3)6-7-16/h11-12,16H,4-10H2,1-3H3,(H,15,17). The fourth-order valence-corrected chi connectivity index (χ4v) is 2.31. The van der Waals surface area contributed by atoms with Crippen LogP contribution in [0.1, 0.15) is 40.0 Å². The highest BCUT2D eigenvalue weighted by atomic mass is 16.5. The molecule has 1 amide bonds. The monoisotopic (exact) mass is 257 g/mol. The second-order valence-electron chi connectivity index (χ2n) is 6.09. The van der Waals surface area contributed by atoms with E-state index in [1.54, 1.807) is 0 Å². The molecule has 4 heteroatoms. The van der Waals surface area contributed by atoms with Gasteiger partial charge in [-0.3, -0.25) is 4.79 Å². The molecule has 1 rings (SSSR count). The maximum atomic E-state index is 12.1. The van der Waals surface area contributed by atoms with E-state index in [4.69, 9.17) is 9.84 Å². The minimum atomic E-state index is -0.0419. The van der Waals surface area contributed by atoms with Gasteiger partial charge in [-0.15, -0.1) is 0 Å². The molecule has 18 heavy (non-hydrogen) atoms. The Morgan fingerprint density at radius 2 is 2.06 bits per heavy atom. The molecule has 0 aromatic carbocycles. The van der Waals surface area contributed by atoms with Gasteiger partial charge in [-0.2, -0.15) is 0 Å². The Balaban J connectivity index is 2.35. The highest BCUT2D eigenvalue weighted by Crippen LogP contribution is 2.24. The molecule has 0 aromatic heterocycles. The summed E-state index contributed by atoms with van der Waals surface area (Å²) >= 11 is 0. The molecule has 2 N–H and O–H groups in total. The smallest absolute Gasteiger partial charge is 0.223 e. The molecular weight excluding hydrogens is 230 g/mol. The van der Waals surface area contributed by atoms with Crippen molar-refractivity contribution in [2.24, 2.45) is 17.3 Å². The molecule has 1 atom stereocenters. The lowest BCUT2D eigenvalue weighted by Gasteiger charge is -2.29. The van der Waals surface area contributed by atoms with Gasteiger partial charge >= 0.3 is 0 Å². The molecule has 0 aliphatic carbocycles. The summed E-state index contributed by atoms with van der Waals surface area (Å²) in [4.78, 5) is 12.1. The minimum Gasteiger partial charge on any atom is -0.396 e. The summed E-state index contributed by atoms with van der Waals surface area (Å²) < 4.78 is 5.32. The average molecular weight is 257 g/mol. The molecule has 0 aromatic rings. The zero-order valence-corrected chi connectivity index (χ0v) is 11.9. The van der Waals surface area contributed by atoms with E-state index in [0.717, 1.165) is 26.1 Å². The molecule has 0 bridgehead atoms. The van der Waals surface area contributed by atoms with Gasteiger partial charge in [-0.05, 0) is 30.6 Å². The maximum Gasteiger partial charge on any atom is 0.223 e. The lowest BCUT2D eigenvalue weighted by Crippen LogP contribution is -2.40. The molecule has 4 nitrogen and oxygen atoms in total. The molecule has 106 valence electrons. The van der Waals surface area contributed by atoms with Crippen molar-refractivity contribution in [3.05, 3.63) is 0 Å². The van der Waals surface area contributed by atoms with Gasteiger partial charge in [0, 0.05) is 32.3 Å². The predicted octanol–water partition coefficient (Wildman–Crippen LogP) is 1.57. The van der Waals surface area contributed by atoms with Crippen LogP contribution in [0.5, 0.6) is 0 Å². The number of amides is 1. The van der Waals surface area contributed by atoms with Crippen LogP contribution in [-0.4, -0.2) is 37.4 Å². The second-order valence-corrected chi connectivity index (χ2v) is 6.09. The van der Waals surface area contributed by atoms with Crippen molar-refractivity contribution in [3.8, 4) is 0 Å². The van der Waals surface area contributed by atoms with E-state index in [-0.39, 0.29) is 23.8 Å². The zero-order valence-electron chi connectivity index (χ0n) is 11.9. The number of rotatable bonds is 6. The number of carbonyl (C=O) groups excluding carboxylic acids is 1. The Bertz CT molecular complexity index is 260. The highest BCUT2D eigenvalue weighted by Gasteiger charge is 2.27. The van der Waals surface area contributed by atoms with Gasteiger partial charge in [0.15, 0.2) is 0 Å². The Hall–Kier alpha value is -0.610. The van der Waals surface area contributed by atoms with Gasteiger partial charge < -0.3 is 15.2 Å². The molecule has 1 aliphatic rings. The second kappa shape index (κ2) is 7.10. The molecule has 1 heterocycles. The molecule has 0 spiro atoms. The van der Waals surface area contributed by atoms with Crippen molar-refractivity contribution in [1.82, 2.24) is 5.32 Å². The Kier molecular flexibility index (Phi) is 6.09. The van der Waals surface area contributed by atoms with E-state index in [1.165, 1.54) is 0 Å². The van der Waals surface area contributed by atoms with Crippen LogP contribution < -0.4 is 5.32 Å². The van der Waals surface area contributed by atoms with Gasteiger partial charge in [0.2, 0.25) is 5.91 Å². The Morgan fingerprint density at radius 3 is 2.61 bits per heavy atom. The van der Waals surface area contributed by atoms with Crippen LogP contribution in [0.25, 0.3) is 0 Å². The summed E-state index contributed by atoms with van der Waals surface area (Å²) in [6.07, 6.45) is 2.67. The van der Waals surface area contributed by atoms with E-state index >= 15 is 0 Å². The minimum absolute atomic E-state index is 0.0419. The number of ether oxygens (including phenoxy) is 1. The third kappa shape index (κ3) is 4.94. The first-order valence-electron chi connectivity index (χ1n) is 6.92. The molecule has 1 unspecified atom stereocenters. The number of aliphatic hydroxyl groups is 1. The van der Waals surface area contributed by atoms with E-state index in [0.29, 0.717) is 18.9 Å². The summed E-state index contributed by atoms with van der Waals surface area (Å²) in [5, 5.41) is 12.0. The normalized spacial score (nSPS) is 19.6. The number of hydrogen-bond acceptors (Lipinski definition) is 3. The molecule has 1 fully saturated rings. The largest absolute Gasteiger partial charge is 0.396 e. The molecule has 0 radical (unpaired) electrons. The van der Waals surface area contributed by atoms with E-state index < -0.39 is 0 Å². The maximum absolute atomic E-state index is 12.1. The summed E-state index contributed by atoms with van der Waals surface area (Å²) in [5.74, 6) is 0.631. The molecule has 1 aliphatic heterocycles. The van der Waals surface area contributed by atoms with Crippen LogP contribution in [0.15, 0.2) is 0 Å². The summed E-state index contributed by atoms with van der Waals surface area (Å²) in [6.45, 7) is 8.46. The van der Waals surface area contributed by atoms with Crippen LogP contribution >= 0.6 is 0 Å². The molecular formula is C14H27NO3. The first-order chi connectivity index (χ1) is 8.46. The van der Waals surface area contributed by atoms with Crippen molar-refractivity contribution in [2.75, 3.05) is 26.4 Å². The van der Waals surface area contributed by atoms with Crippen molar-refractivity contribution < 1.29 is 14.6 Å². The Labute approximate surface area is 110 Å². The summed E-state index contributed by atoms with van der Waals surface area (Å²) in [5.41, 5.74) is -0.0419. The van der Waals surface area contributed by atoms with Gasteiger partial charge in [0.25, 0.3) is 0 Å². The lowest BCUT2D eigenvalue weighted by molar-refractivity contribution is -0.127. The van der Waals surface area contributed by atoms with Gasteiger partial charge in [-0.25, -0.2) is 0 Å².